The molecule has 1 amide bonds. The van der Waals surface area contributed by atoms with Gasteiger partial charge in [0, 0.05) is 19.0 Å². The number of nitrogens with zero attached hydrogens (tertiary/aromatic N) is 3. The number of rotatable bonds is 4. The fraction of sp³-hybridized carbons (Fsp3) is 0.478. The lowest BCUT2D eigenvalue weighted by molar-refractivity contribution is -0.119. The maximum Gasteiger partial charge on any atom is 0.258 e. The van der Waals surface area contributed by atoms with Gasteiger partial charge in [-0.05, 0) is 42.9 Å². The topological polar surface area (TPSA) is 111 Å². The van der Waals surface area contributed by atoms with Gasteiger partial charge in [0.15, 0.2) is 0 Å². The molecule has 1 aromatic carbocycles. The molecule has 3 heterocycles. The highest BCUT2D eigenvalue weighted by molar-refractivity contribution is 5.98. The van der Waals surface area contributed by atoms with Gasteiger partial charge in [-0.1, -0.05) is 26.0 Å². The van der Waals surface area contributed by atoms with Gasteiger partial charge in [-0.3, -0.25) is 14.6 Å². The average molecular weight is 422 g/mol. The molecular formula is C23H27N5O3. The minimum Gasteiger partial charge on any atom is -0.494 e. The first kappa shape index (κ1) is 20.9. The molecule has 0 bridgehead atoms. The third-order valence-electron chi connectivity index (χ3n) is 5.97. The summed E-state index contributed by atoms with van der Waals surface area (Å²) in [4.78, 5) is 35.5. The maximum atomic E-state index is 13.2. The van der Waals surface area contributed by atoms with Crippen LogP contribution in [0.5, 0.6) is 5.75 Å². The Balaban J connectivity index is 1.77. The van der Waals surface area contributed by atoms with Gasteiger partial charge in [-0.2, -0.15) is 10.2 Å². The van der Waals surface area contributed by atoms with Gasteiger partial charge in [0.2, 0.25) is 11.9 Å². The van der Waals surface area contributed by atoms with Crippen molar-refractivity contribution < 1.29 is 9.53 Å². The molecule has 2 aliphatic rings. The van der Waals surface area contributed by atoms with Crippen LogP contribution >= 0.6 is 0 Å². The SMILES string of the molecule is CCOc1ccc(C2c3c(nc(N4CC(C)CC(C)C4)[nH]c3=O)NC(=O)C2C#N)cc1. The zero-order chi connectivity index (χ0) is 22.1. The van der Waals surface area contributed by atoms with Crippen molar-refractivity contribution in [1.29, 1.82) is 5.26 Å². The summed E-state index contributed by atoms with van der Waals surface area (Å²) in [7, 11) is 0. The fourth-order valence-corrected chi connectivity index (χ4v) is 4.78. The molecule has 1 aromatic heterocycles. The number of hydrogen-bond donors (Lipinski definition) is 2. The summed E-state index contributed by atoms with van der Waals surface area (Å²) in [6.07, 6.45) is 1.13. The third-order valence-corrected chi connectivity index (χ3v) is 5.97. The van der Waals surface area contributed by atoms with Crippen LogP contribution in [-0.4, -0.2) is 35.6 Å². The largest absolute Gasteiger partial charge is 0.494 e. The Bertz CT molecular complexity index is 1060. The number of carbonyl (C=O) groups is 1. The van der Waals surface area contributed by atoms with Crippen LogP contribution in [0.25, 0.3) is 0 Å². The van der Waals surface area contributed by atoms with E-state index in [9.17, 15) is 14.9 Å². The Morgan fingerprint density at radius 1 is 1.19 bits per heavy atom. The lowest BCUT2D eigenvalue weighted by atomic mass is 9.79. The van der Waals surface area contributed by atoms with Crippen molar-refractivity contribution in [2.24, 2.45) is 17.8 Å². The number of ether oxygens (including phenoxy) is 1. The zero-order valence-electron chi connectivity index (χ0n) is 18.0. The second-order valence-corrected chi connectivity index (χ2v) is 8.58. The molecule has 0 spiro atoms. The van der Waals surface area contributed by atoms with Crippen LogP contribution in [0.3, 0.4) is 0 Å². The molecule has 0 saturated carbocycles. The number of hydrogen-bond acceptors (Lipinski definition) is 6. The number of H-pyrrole nitrogens is 1. The first-order chi connectivity index (χ1) is 14.9. The monoisotopic (exact) mass is 421 g/mol. The highest BCUT2D eigenvalue weighted by Crippen LogP contribution is 2.39. The summed E-state index contributed by atoms with van der Waals surface area (Å²) in [6, 6.07) is 9.22. The lowest BCUT2D eigenvalue weighted by Crippen LogP contribution is -2.42. The highest BCUT2D eigenvalue weighted by Gasteiger charge is 2.40. The molecule has 0 radical (unpaired) electrons. The van der Waals surface area contributed by atoms with E-state index < -0.39 is 17.7 Å². The number of anilines is 2. The van der Waals surface area contributed by atoms with E-state index in [2.05, 4.69) is 40.1 Å². The molecule has 2 N–H and O–H groups in total. The van der Waals surface area contributed by atoms with Gasteiger partial charge < -0.3 is 15.0 Å². The molecule has 8 nitrogen and oxygen atoms in total. The number of nitrogens with one attached hydrogen (secondary N) is 2. The Kier molecular flexibility index (Phi) is 5.68. The normalized spacial score (nSPS) is 25.4. The highest BCUT2D eigenvalue weighted by atomic mass is 16.5. The van der Waals surface area contributed by atoms with Crippen LogP contribution in [0.4, 0.5) is 11.8 Å². The van der Waals surface area contributed by atoms with E-state index in [1.807, 2.05) is 6.92 Å². The van der Waals surface area contributed by atoms with Crippen molar-refractivity contribution in [3.63, 3.8) is 0 Å². The van der Waals surface area contributed by atoms with Crippen LogP contribution in [-0.2, 0) is 4.79 Å². The van der Waals surface area contributed by atoms with Crippen molar-refractivity contribution in [3.8, 4) is 11.8 Å². The van der Waals surface area contributed by atoms with E-state index in [0.29, 0.717) is 41.3 Å². The Morgan fingerprint density at radius 2 is 1.87 bits per heavy atom. The van der Waals surface area contributed by atoms with Gasteiger partial charge in [0.1, 0.15) is 17.5 Å². The number of nitriles is 1. The van der Waals surface area contributed by atoms with Crippen LogP contribution in [0.15, 0.2) is 29.1 Å². The Hall–Kier alpha value is -3.34. The minimum absolute atomic E-state index is 0.236. The van der Waals surface area contributed by atoms with Gasteiger partial charge >= 0.3 is 0 Å². The molecule has 2 aromatic rings. The van der Waals surface area contributed by atoms with E-state index in [1.54, 1.807) is 24.3 Å². The number of aromatic nitrogens is 2. The number of fused-ring (bicyclic) bond motifs is 1. The molecule has 4 rings (SSSR count). The number of amides is 1. The van der Waals surface area contributed by atoms with E-state index in [1.165, 1.54) is 0 Å². The van der Waals surface area contributed by atoms with Crippen LogP contribution in [0.1, 0.15) is 44.2 Å². The summed E-state index contributed by atoms with van der Waals surface area (Å²) in [6.45, 7) is 8.38. The first-order valence-corrected chi connectivity index (χ1v) is 10.7. The van der Waals surface area contributed by atoms with Crippen molar-refractivity contribution in [1.82, 2.24) is 9.97 Å². The third kappa shape index (κ3) is 4.00. The zero-order valence-corrected chi connectivity index (χ0v) is 18.0. The second kappa shape index (κ2) is 8.42. The van der Waals surface area contributed by atoms with Gasteiger partial charge in [-0.25, -0.2) is 0 Å². The van der Waals surface area contributed by atoms with E-state index in [-0.39, 0.29) is 11.4 Å². The quantitative estimate of drug-likeness (QED) is 0.785. The molecule has 1 saturated heterocycles. The molecule has 1 fully saturated rings. The summed E-state index contributed by atoms with van der Waals surface area (Å²) in [5, 5.41) is 12.4. The van der Waals surface area contributed by atoms with E-state index in [4.69, 9.17) is 4.74 Å². The maximum absolute atomic E-state index is 13.2. The smallest absolute Gasteiger partial charge is 0.258 e. The van der Waals surface area contributed by atoms with Crippen LogP contribution < -0.4 is 20.5 Å². The first-order valence-electron chi connectivity index (χ1n) is 10.7. The van der Waals surface area contributed by atoms with Crippen molar-refractivity contribution in [3.05, 3.63) is 45.7 Å². The molecule has 4 unspecified atom stereocenters. The predicted molar refractivity (Wildman–Crippen MR) is 117 cm³/mol. The average Bonchev–Trinajstić information content (AvgIpc) is 2.73. The Labute approximate surface area is 181 Å². The Morgan fingerprint density at radius 3 is 2.48 bits per heavy atom. The van der Waals surface area contributed by atoms with Crippen LogP contribution in [0.2, 0.25) is 0 Å². The standard InChI is InChI=1S/C23H27N5O3/c1-4-31-16-7-5-15(6-8-16)18-17(10-24)21(29)25-20-19(18)22(30)27-23(26-20)28-11-13(2)9-14(3)12-28/h5-8,13-14,17-18H,4,9,11-12H2,1-3H3,(H2,25,26,27,29,30). The van der Waals surface area contributed by atoms with E-state index >= 15 is 0 Å². The van der Waals surface area contributed by atoms with Crippen molar-refractivity contribution in [2.45, 2.75) is 33.1 Å². The number of piperidine rings is 1. The summed E-state index contributed by atoms with van der Waals surface area (Å²) >= 11 is 0. The van der Waals surface area contributed by atoms with Crippen LogP contribution in [0, 0.1) is 29.1 Å². The molecule has 31 heavy (non-hydrogen) atoms. The summed E-state index contributed by atoms with van der Waals surface area (Å²) < 4.78 is 5.49. The summed E-state index contributed by atoms with van der Waals surface area (Å²) in [5.41, 5.74) is 0.688. The fourth-order valence-electron chi connectivity index (χ4n) is 4.78. The molecule has 0 aliphatic carbocycles. The summed E-state index contributed by atoms with van der Waals surface area (Å²) in [5.74, 6) is 0.194. The molecule has 4 atom stereocenters. The number of carbonyl (C=O) groups excluding carboxylic acids is 1. The van der Waals surface area contributed by atoms with Gasteiger partial charge in [0.25, 0.3) is 5.56 Å². The molecule has 8 heteroatoms. The van der Waals surface area contributed by atoms with Gasteiger partial charge in [-0.15, -0.1) is 0 Å². The lowest BCUT2D eigenvalue weighted by Gasteiger charge is -2.36. The van der Waals surface area contributed by atoms with E-state index in [0.717, 1.165) is 19.5 Å². The number of benzene rings is 1. The molecule has 2 aliphatic heterocycles. The van der Waals surface area contributed by atoms with Crippen molar-refractivity contribution >= 4 is 17.7 Å². The van der Waals surface area contributed by atoms with Crippen molar-refractivity contribution in [2.75, 3.05) is 29.9 Å². The predicted octanol–water partition coefficient (Wildman–Crippen LogP) is 2.87. The second-order valence-electron chi connectivity index (χ2n) is 8.58. The number of aromatic amines is 1. The minimum atomic E-state index is -1.02. The molecular weight excluding hydrogens is 394 g/mol. The van der Waals surface area contributed by atoms with Gasteiger partial charge in [0.05, 0.1) is 18.2 Å². The molecule has 162 valence electrons.